The highest BCUT2D eigenvalue weighted by Crippen LogP contribution is 2.19. The molecule has 2 aromatic rings. The van der Waals surface area contributed by atoms with Crippen molar-refractivity contribution < 1.29 is 28.4 Å². The number of halogens is 2. The van der Waals surface area contributed by atoms with E-state index in [4.69, 9.17) is 28.4 Å². The van der Waals surface area contributed by atoms with Gasteiger partial charge < -0.3 is 38.2 Å². The lowest BCUT2D eigenvalue weighted by atomic mass is 10.3. The number of hydrogen-bond donors (Lipinski definition) is 0. The van der Waals surface area contributed by atoms with Crippen LogP contribution in [0.3, 0.4) is 0 Å². The van der Waals surface area contributed by atoms with E-state index < -0.39 is 0 Å². The predicted molar refractivity (Wildman–Crippen MR) is 158 cm³/mol. The minimum atomic E-state index is 0.549. The molecule has 1 heterocycles. The highest BCUT2D eigenvalue weighted by Gasteiger charge is 2.09. The lowest BCUT2D eigenvalue weighted by Gasteiger charge is -2.25. The van der Waals surface area contributed by atoms with Gasteiger partial charge in [0.1, 0.15) is 0 Å². The fraction of sp³-hybridized carbons (Fsp3) is 0.571. The van der Waals surface area contributed by atoms with Gasteiger partial charge in [0.15, 0.2) is 0 Å². The third kappa shape index (κ3) is 13.2. The first-order chi connectivity index (χ1) is 18.7. The van der Waals surface area contributed by atoms with Gasteiger partial charge in [-0.3, -0.25) is 0 Å². The van der Waals surface area contributed by atoms with Gasteiger partial charge in [-0.25, -0.2) is 0 Å². The lowest BCUT2D eigenvalue weighted by Crippen LogP contribution is -2.32. The second-order valence-electron chi connectivity index (χ2n) is 8.60. The lowest BCUT2D eigenvalue weighted by molar-refractivity contribution is 0.0126. The smallest absolute Gasteiger partial charge is 0.0701 e. The molecule has 0 spiro atoms. The van der Waals surface area contributed by atoms with Crippen molar-refractivity contribution >= 4 is 43.2 Å². The molecule has 0 radical (unpaired) electrons. The van der Waals surface area contributed by atoms with Crippen LogP contribution in [0.4, 0.5) is 11.4 Å². The second kappa shape index (κ2) is 19.8. The summed E-state index contributed by atoms with van der Waals surface area (Å²) in [6.45, 7) is 9.98. The van der Waals surface area contributed by atoms with E-state index in [-0.39, 0.29) is 0 Å². The number of rotatable bonds is 2. The predicted octanol–water partition coefficient (Wildman–Crippen LogP) is 4.64. The van der Waals surface area contributed by atoms with Crippen LogP contribution >= 0.6 is 31.9 Å². The van der Waals surface area contributed by atoms with Crippen LogP contribution < -0.4 is 9.80 Å². The fourth-order valence-electron chi connectivity index (χ4n) is 3.83. The number of nitrogens with zero attached hydrogens (tertiary/aromatic N) is 2. The van der Waals surface area contributed by atoms with Gasteiger partial charge >= 0.3 is 0 Å². The summed E-state index contributed by atoms with van der Waals surface area (Å²) in [6.07, 6.45) is 0. The topological polar surface area (TPSA) is 61.9 Å². The Kier molecular flexibility index (Phi) is 16.3. The van der Waals surface area contributed by atoms with E-state index >= 15 is 0 Å². The highest BCUT2D eigenvalue weighted by atomic mass is 79.9. The van der Waals surface area contributed by atoms with Crippen molar-refractivity contribution in [1.82, 2.24) is 0 Å². The number of benzene rings is 2. The first-order valence-corrected chi connectivity index (χ1v) is 14.8. The molecule has 0 N–H and O–H groups in total. The maximum absolute atomic E-state index is 5.82. The Morgan fingerprint density at radius 3 is 0.868 bits per heavy atom. The molecule has 0 bridgehead atoms. The first kappa shape index (κ1) is 31.3. The van der Waals surface area contributed by atoms with E-state index in [1.807, 2.05) is 24.3 Å². The van der Waals surface area contributed by atoms with Crippen LogP contribution in [0.2, 0.25) is 0 Å². The molecule has 38 heavy (non-hydrogen) atoms. The van der Waals surface area contributed by atoms with E-state index in [9.17, 15) is 0 Å². The molecule has 3 rings (SSSR count). The Bertz CT molecular complexity index is 764. The summed E-state index contributed by atoms with van der Waals surface area (Å²) in [4.78, 5) is 4.54. The molecule has 10 heteroatoms. The standard InChI is InChI=1S/C28H40Br2N2O6/c29-25-1-5-27(6-2-25)31-9-13-33-17-21-37-23-19-35-15-11-32(28-7-3-26(30)4-8-28)12-16-36-20-24-38-22-18-34-14-10-31/h1-8H,9-24H2. The fourth-order valence-corrected chi connectivity index (χ4v) is 4.36. The molecule has 2 aromatic carbocycles. The van der Waals surface area contributed by atoms with Crippen molar-refractivity contribution in [2.45, 2.75) is 0 Å². The largest absolute Gasteiger partial charge is 0.377 e. The Labute approximate surface area is 243 Å². The minimum Gasteiger partial charge on any atom is -0.377 e. The van der Waals surface area contributed by atoms with E-state index in [0.717, 1.165) is 46.5 Å². The quantitative estimate of drug-likeness (QED) is 0.463. The molecule has 8 nitrogen and oxygen atoms in total. The van der Waals surface area contributed by atoms with Crippen molar-refractivity contribution in [3.05, 3.63) is 57.5 Å². The maximum Gasteiger partial charge on any atom is 0.0701 e. The van der Waals surface area contributed by atoms with E-state index in [1.165, 1.54) is 0 Å². The highest BCUT2D eigenvalue weighted by molar-refractivity contribution is 9.10. The van der Waals surface area contributed by atoms with E-state index in [1.54, 1.807) is 0 Å². The zero-order valence-electron chi connectivity index (χ0n) is 22.0. The summed E-state index contributed by atoms with van der Waals surface area (Å²) in [5, 5.41) is 0. The number of anilines is 2. The maximum atomic E-state index is 5.82. The van der Waals surface area contributed by atoms with Crippen molar-refractivity contribution in [3.63, 3.8) is 0 Å². The van der Waals surface area contributed by atoms with Crippen molar-refractivity contribution in [3.8, 4) is 0 Å². The molecule has 0 amide bonds. The van der Waals surface area contributed by atoms with E-state index in [2.05, 4.69) is 65.9 Å². The molecular weight excluding hydrogens is 620 g/mol. The van der Waals surface area contributed by atoms with Crippen LogP contribution in [0.25, 0.3) is 0 Å². The van der Waals surface area contributed by atoms with Crippen LogP contribution in [0, 0.1) is 0 Å². The van der Waals surface area contributed by atoms with Gasteiger partial charge in [0.25, 0.3) is 0 Å². The van der Waals surface area contributed by atoms with Crippen LogP contribution in [-0.2, 0) is 28.4 Å². The van der Waals surface area contributed by atoms with Gasteiger partial charge in [-0.05, 0) is 48.5 Å². The summed E-state index contributed by atoms with van der Waals surface area (Å²) in [6, 6.07) is 16.6. The molecule has 1 saturated heterocycles. The van der Waals surface area contributed by atoms with Gasteiger partial charge in [0.2, 0.25) is 0 Å². The molecule has 0 atom stereocenters. The third-order valence-electron chi connectivity index (χ3n) is 5.89. The molecule has 1 aliphatic rings. The van der Waals surface area contributed by atoms with Gasteiger partial charge in [0, 0.05) is 46.5 Å². The Balaban J connectivity index is 1.44. The molecule has 0 unspecified atom stereocenters. The van der Waals surface area contributed by atoms with Gasteiger partial charge in [-0.15, -0.1) is 0 Å². The zero-order valence-corrected chi connectivity index (χ0v) is 25.2. The van der Waals surface area contributed by atoms with Crippen molar-refractivity contribution in [2.75, 3.05) is 115 Å². The molecule has 0 aliphatic carbocycles. The van der Waals surface area contributed by atoms with E-state index in [0.29, 0.717) is 79.3 Å². The third-order valence-corrected chi connectivity index (χ3v) is 6.95. The molecular formula is C28H40Br2N2O6. The normalized spacial score (nSPS) is 19.5. The summed E-state index contributed by atoms with van der Waals surface area (Å²) >= 11 is 7.01. The van der Waals surface area contributed by atoms with Crippen LogP contribution in [0.1, 0.15) is 0 Å². The van der Waals surface area contributed by atoms with Crippen LogP contribution in [-0.4, -0.2) is 105 Å². The summed E-state index contributed by atoms with van der Waals surface area (Å²) in [5.74, 6) is 0. The molecule has 0 aromatic heterocycles. The van der Waals surface area contributed by atoms with Crippen molar-refractivity contribution in [2.24, 2.45) is 0 Å². The Morgan fingerprint density at radius 2 is 0.605 bits per heavy atom. The number of hydrogen-bond acceptors (Lipinski definition) is 8. The van der Waals surface area contributed by atoms with Crippen LogP contribution in [0.15, 0.2) is 57.5 Å². The second-order valence-corrected chi connectivity index (χ2v) is 10.4. The molecule has 1 fully saturated rings. The number of ether oxygens (including phenoxy) is 6. The van der Waals surface area contributed by atoms with Gasteiger partial charge in [0.05, 0.1) is 79.3 Å². The minimum absolute atomic E-state index is 0.549. The van der Waals surface area contributed by atoms with Crippen LogP contribution in [0.5, 0.6) is 0 Å². The molecule has 1 aliphatic heterocycles. The Morgan fingerprint density at radius 1 is 0.368 bits per heavy atom. The van der Waals surface area contributed by atoms with Gasteiger partial charge in [-0.1, -0.05) is 31.9 Å². The Hall–Kier alpha value is -1.24. The zero-order chi connectivity index (χ0) is 26.7. The molecule has 212 valence electrons. The summed E-state index contributed by atoms with van der Waals surface area (Å²) < 4.78 is 36.8. The van der Waals surface area contributed by atoms with Gasteiger partial charge in [-0.2, -0.15) is 0 Å². The average molecular weight is 660 g/mol. The summed E-state index contributed by atoms with van der Waals surface area (Å²) in [5.41, 5.74) is 2.28. The average Bonchev–Trinajstić information content (AvgIpc) is 2.93. The monoisotopic (exact) mass is 658 g/mol. The first-order valence-electron chi connectivity index (χ1n) is 13.2. The SMILES string of the molecule is Brc1ccc(N2CCOCCOCCOCCN(c3ccc(Br)cc3)CCOCCOCCOCC2)cc1. The molecule has 0 saturated carbocycles. The summed E-state index contributed by atoms with van der Waals surface area (Å²) in [7, 11) is 0. The van der Waals surface area contributed by atoms with Crippen molar-refractivity contribution in [1.29, 1.82) is 0 Å².